The molecule has 2 aromatic carbocycles. The maximum atomic E-state index is 13.1. The van der Waals surface area contributed by atoms with Crippen LogP contribution in [0.15, 0.2) is 47.4 Å². The number of nitrogens with zero attached hydrogens (tertiary/aromatic N) is 2. The molecule has 178 valence electrons. The Morgan fingerprint density at radius 1 is 1.06 bits per heavy atom. The first-order chi connectivity index (χ1) is 15.7. The van der Waals surface area contributed by atoms with Gasteiger partial charge in [0, 0.05) is 36.8 Å². The average Bonchev–Trinajstić information content (AvgIpc) is 2.84. The molecule has 1 N–H and O–H groups in total. The molecule has 1 fully saturated rings. The normalized spacial score (nSPS) is 15.7. The van der Waals surface area contributed by atoms with Crippen LogP contribution in [0.3, 0.4) is 0 Å². The molecule has 0 radical (unpaired) electrons. The number of hydrogen-bond acceptors (Lipinski definition) is 7. The summed E-state index contributed by atoms with van der Waals surface area (Å²) in [5.74, 6) is -0.594. The number of carbonyl (C=O) groups excluding carboxylic acids is 2. The number of methoxy groups -OCH3 is 2. The number of sulfonamides is 1. The summed E-state index contributed by atoms with van der Waals surface area (Å²) in [5, 5.41) is 0.461. The maximum absolute atomic E-state index is 13.1. The maximum Gasteiger partial charge on any atom is 0.327 e. The van der Waals surface area contributed by atoms with Crippen molar-refractivity contribution in [3.05, 3.63) is 58.6 Å². The molecule has 1 unspecified atom stereocenters. The molecule has 1 atom stereocenters. The number of benzene rings is 2. The summed E-state index contributed by atoms with van der Waals surface area (Å²) < 4.78 is 37.0. The van der Waals surface area contributed by atoms with E-state index >= 15 is 0 Å². The lowest BCUT2D eigenvalue weighted by Crippen LogP contribution is -2.51. The highest BCUT2D eigenvalue weighted by Crippen LogP contribution is 2.30. The second-order valence-electron chi connectivity index (χ2n) is 7.35. The lowest BCUT2D eigenvalue weighted by molar-refractivity contribution is -0.148. The van der Waals surface area contributed by atoms with E-state index in [9.17, 15) is 18.0 Å². The van der Waals surface area contributed by atoms with Crippen molar-refractivity contribution in [2.24, 2.45) is 0 Å². The Labute approximate surface area is 198 Å². The van der Waals surface area contributed by atoms with E-state index in [-0.39, 0.29) is 22.1 Å². The highest BCUT2D eigenvalue weighted by atomic mass is 35.5. The number of halogens is 1. The largest absolute Gasteiger partial charge is 0.495 e. The monoisotopic (exact) mass is 495 g/mol. The highest BCUT2D eigenvalue weighted by molar-refractivity contribution is 7.89. The van der Waals surface area contributed by atoms with Crippen LogP contribution in [0.5, 0.6) is 5.75 Å². The van der Waals surface area contributed by atoms with Gasteiger partial charge in [0.25, 0.3) is 5.91 Å². The number of esters is 1. The number of hydrogen-bond donors (Lipinski definition) is 1. The van der Waals surface area contributed by atoms with Crippen LogP contribution in [-0.4, -0.2) is 77.5 Å². The van der Waals surface area contributed by atoms with Crippen LogP contribution in [-0.2, 0) is 19.6 Å². The van der Waals surface area contributed by atoms with Gasteiger partial charge in [-0.05, 0) is 36.9 Å². The minimum absolute atomic E-state index is 0.110. The molecule has 0 spiro atoms. The van der Waals surface area contributed by atoms with E-state index < -0.39 is 22.0 Å². The summed E-state index contributed by atoms with van der Waals surface area (Å²) in [4.78, 5) is 29.1. The summed E-state index contributed by atoms with van der Waals surface area (Å²) in [6.45, 7) is 1.51. The Kier molecular flexibility index (Phi) is 7.96. The summed E-state index contributed by atoms with van der Waals surface area (Å²) in [6, 6.07) is 10.7. The molecule has 0 aromatic heterocycles. The van der Waals surface area contributed by atoms with Crippen molar-refractivity contribution < 1.29 is 27.5 Å². The molecular weight excluding hydrogens is 470 g/mol. The lowest BCUT2D eigenvalue weighted by atomic mass is 10.0. The minimum Gasteiger partial charge on any atom is -0.495 e. The van der Waals surface area contributed by atoms with Gasteiger partial charge in [0.1, 0.15) is 16.7 Å². The summed E-state index contributed by atoms with van der Waals surface area (Å²) >= 11 is 6.32. The predicted molar refractivity (Wildman–Crippen MR) is 123 cm³/mol. The minimum atomic E-state index is -3.81. The topological polar surface area (TPSA) is 105 Å². The molecule has 1 heterocycles. The first-order valence-electron chi connectivity index (χ1n) is 10.2. The van der Waals surface area contributed by atoms with Crippen LogP contribution in [0.2, 0.25) is 5.02 Å². The Balaban J connectivity index is 1.79. The van der Waals surface area contributed by atoms with Crippen molar-refractivity contribution in [3.8, 4) is 5.75 Å². The average molecular weight is 496 g/mol. The first kappa shape index (κ1) is 25.0. The zero-order chi connectivity index (χ0) is 24.2. The van der Waals surface area contributed by atoms with Gasteiger partial charge in [0.05, 0.1) is 14.2 Å². The van der Waals surface area contributed by atoms with Crippen LogP contribution in [0.25, 0.3) is 0 Å². The highest BCUT2D eigenvalue weighted by Gasteiger charge is 2.34. The Morgan fingerprint density at radius 3 is 2.30 bits per heavy atom. The number of carbonyl (C=O) groups is 2. The van der Waals surface area contributed by atoms with E-state index in [0.29, 0.717) is 36.8 Å². The van der Waals surface area contributed by atoms with Crippen molar-refractivity contribution in [2.75, 3.05) is 47.4 Å². The fraction of sp³-hybridized carbons (Fsp3) is 0.364. The van der Waals surface area contributed by atoms with Gasteiger partial charge in [0.2, 0.25) is 10.0 Å². The molecule has 3 rings (SSSR count). The standard InChI is InChI=1S/C22H26ClN3O6S/c1-24-33(29,30)19-14-15(8-9-18(19)31-2)21(27)26-12-10-25(11-13-26)20(22(28)32-3)16-6-4-5-7-17(16)23/h4-9,14,20,24H,10-13H2,1-3H3. The molecule has 0 aliphatic carbocycles. The van der Waals surface area contributed by atoms with Gasteiger partial charge in [0.15, 0.2) is 0 Å². The lowest BCUT2D eigenvalue weighted by Gasteiger charge is -2.38. The van der Waals surface area contributed by atoms with Crippen LogP contribution in [0.1, 0.15) is 22.0 Å². The van der Waals surface area contributed by atoms with Crippen LogP contribution >= 0.6 is 11.6 Å². The van der Waals surface area contributed by atoms with Gasteiger partial charge in [-0.3, -0.25) is 9.69 Å². The molecule has 1 saturated heterocycles. The predicted octanol–water partition coefficient (Wildman–Crippen LogP) is 1.93. The molecule has 0 saturated carbocycles. The van der Waals surface area contributed by atoms with E-state index in [1.807, 2.05) is 4.90 Å². The molecule has 9 nitrogen and oxygen atoms in total. The van der Waals surface area contributed by atoms with Crippen LogP contribution < -0.4 is 9.46 Å². The number of ether oxygens (including phenoxy) is 2. The number of rotatable bonds is 7. The van der Waals surface area contributed by atoms with E-state index in [2.05, 4.69) is 4.72 Å². The second kappa shape index (κ2) is 10.5. The fourth-order valence-electron chi connectivity index (χ4n) is 3.78. The Hall–Kier alpha value is -2.66. The third kappa shape index (κ3) is 5.30. The number of amides is 1. The van der Waals surface area contributed by atoms with Crippen molar-refractivity contribution in [2.45, 2.75) is 10.9 Å². The van der Waals surface area contributed by atoms with Gasteiger partial charge < -0.3 is 14.4 Å². The van der Waals surface area contributed by atoms with Crippen LogP contribution in [0.4, 0.5) is 0 Å². The van der Waals surface area contributed by atoms with Gasteiger partial charge in [-0.25, -0.2) is 17.9 Å². The van der Waals surface area contributed by atoms with Crippen molar-refractivity contribution in [1.82, 2.24) is 14.5 Å². The quantitative estimate of drug-likeness (QED) is 0.585. The Bertz CT molecular complexity index is 1130. The first-order valence-corrected chi connectivity index (χ1v) is 12.1. The number of nitrogens with one attached hydrogen (secondary N) is 1. The molecule has 1 aliphatic heterocycles. The van der Waals surface area contributed by atoms with E-state index in [1.54, 1.807) is 29.2 Å². The fourth-order valence-corrected chi connectivity index (χ4v) is 4.93. The van der Waals surface area contributed by atoms with E-state index in [0.717, 1.165) is 0 Å². The molecule has 0 bridgehead atoms. The van der Waals surface area contributed by atoms with E-state index in [1.165, 1.54) is 39.5 Å². The van der Waals surface area contributed by atoms with Crippen molar-refractivity contribution in [3.63, 3.8) is 0 Å². The molecule has 1 amide bonds. The third-order valence-corrected chi connectivity index (χ3v) is 7.34. The zero-order valence-corrected chi connectivity index (χ0v) is 20.1. The molecule has 2 aromatic rings. The summed E-state index contributed by atoms with van der Waals surface area (Å²) in [7, 11) is 0.167. The SMILES string of the molecule is CNS(=O)(=O)c1cc(C(=O)N2CCN(C(C(=O)OC)c3ccccc3Cl)CC2)ccc1OC. The van der Waals surface area contributed by atoms with E-state index in [4.69, 9.17) is 21.1 Å². The molecule has 33 heavy (non-hydrogen) atoms. The van der Waals surface area contributed by atoms with Gasteiger partial charge >= 0.3 is 5.97 Å². The van der Waals surface area contributed by atoms with Crippen LogP contribution in [0, 0.1) is 0 Å². The van der Waals surface area contributed by atoms with Crippen molar-refractivity contribution >= 4 is 33.5 Å². The smallest absolute Gasteiger partial charge is 0.327 e. The van der Waals surface area contributed by atoms with Gasteiger partial charge in [-0.1, -0.05) is 29.8 Å². The van der Waals surface area contributed by atoms with Crippen molar-refractivity contribution in [1.29, 1.82) is 0 Å². The molecular formula is C22H26ClN3O6S. The molecule has 11 heteroatoms. The van der Waals surface area contributed by atoms with Gasteiger partial charge in [-0.15, -0.1) is 0 Å². The second-order valence-corrected chi connectivity index (χ2v) is 9.61. The number of piperazine rings is 1. The summed E-state index contributed by atoms with van der Waals surface area (Å²) in [6.07, 6.45) is 0. The summed E-state index contributed by atoms with van der Waals surface area (Å²) in [5.41, 5.74) is 0.872. The molecule has 1 aliphatic rings. The van der Waals surface area contributed by atoms with Gasteiger partial charge in [-0.2, -0.15) is 0 Å². The third-order valence-electron chi connectivity index (χ3n) is 5.56. The zero-order valence-electron chi connectivity index (χ0n) is 18.6. The Morgan fingerprint density at radius 2 is 1.73 bits per heavy atom.